The first-order chi connectivity index (χ1) is 34.2. The Morgan fingerprint density at radius 1 is 0.521 bits per heavy atom. The zero-order valence-electron chi connectivity index (χ0n) is 41.5. The van der Waals surface area contributed by atoms with Gasteiger partial charge in [0.25, 0.3) is 16.7 Å². The molecular formula is C50H54Cl6N6O11. The molecule has 0 saturated heterocycles. The molecule has 0 unspecified atom stereocenters. The fraction of sp³-hybridized carbons (Fsp3) is 0.360. The van der Waals surface area contributed by atoms with Crippen molar-refractivity contribution in [1.29, 1.82) is 0 Å². The number of aliphatic hydroxyl groups excluding tert-OH is 1. The highest BCUT2D eigenvalue weighted by Crippen LogP contribution is 2.40. The predicted molar refractivity (Wildman–Crippen MR) is 283 cm³/mol. The molecule has 3 aromatic carbocycles. The average molecular weight is 1130 g/mol. The number of carboxylic acids is 1. The largest absolute Gasteiger partial charge is 0.481 e. The minimum absolute atomic E-state index is 0.00191. The van der Waals surface area contributed by atoms with Crippen molar-refractivity contribution in [1.82, 2.24) is 29.3 Å². The molecule has 0 amide bonds. The standard InChI is InChI=1S/C18H20Cl2N2O4.C16H16Cl2N2O4.C16H18Cl2N2O3/c1-10(2)13-9-16(21-22(4)18(13)24)26-17-14(19)7-12(8-15(17)20)5-6-25-11(3)23;1-8(2)10-7-13(19-20(3)16(10)23)24-15-11(17)4-9(5-12(15)18)6-14(21)22;1-9(2)11-8-14(19-20(3)16(11)22)23-15-12(17)6-10(4-5-21)7-13(15)18/h7-10H,5-6H2,1-4H3;4-5,7-8H,6H2,1-3H3,(H,21,22);6-9,21H,4-5H2,1-3H3. The average Bonchev–Trinajstić information content (AvgIpc) is 3.28. The Kier molecular flexibility index (Phi) is 22.2. The van der Waals surface area contributed by atoms with Gasteiger partial charge in [0, 0.05) is 76.0 Å². The van der Waals surface area contributed by atoms with Gasteiger partial charge in [-0.1, -0.05) is 111 Å². The summed E-state index contributed by atoms with van der Waals surface area (Å²) in [6.45, 7) is 13.0. The van der Waals surface area contributed by atoms with Crippen molar-refractivity contribution in [2.75, 3.05) is 13.2 Å². The van der Waals surface area contributed by atoms with E-state index < -0.39 is 5.97 Å². The molecule has 73 heavy (non-hydrogen) atoms. The SMILES string of the molecule is CC(=O)OCCc1cc(Cl)c(Oc2cc(C(C)C)c(=O)n(C)n2)c(Cl)c1.CC(C)c1cc(Oc2c(Cl)cc(CC(=O)O)cc2Cl)nn(C)c1=O.CC(C)c1cc(Oc2c(Cl)cc(CCO)cc2Cl)nn(C)c1=O. The van der Waals surface area contributed by atoms with Gasteiger partial charge in [-0.3, -0.25) is 24.0 Å². The molecular weight excluding hydrogens is 1070 g/mol. The van der Waals surface area contributed by atoms with Crippen LogP contribution in [0.25, 0.3) is 0 Å². The molecule has 6 aromatic rings. The lowest BCUT2D eigenvalue weighted by atomic mass is 10.1. The summed E-state index contributed by atoms with van der Waals surface area (Å²) in [6, 6.07) is 14.4. The number of carbonyl (C=O) groups is 2. The smallest absolute Gasteiger partial charge is 0.307 e. The molecule has 0 radical (unpaired) electrons. The molecule has 392 valence electrons. The first kappa shape index (κ1) is 59.9. The van der Waals surface area contributed by atoms with Crippen LogP contribution in [0.1, 0.15) is 99.6 Å². The van der Waals surface area contributed by atoms with E-state index in [1.165, 1.54) is 40.1 Å². The molecule has 0 fully saturated rings. The quantitative estimate of drug-likeness (QED) is 0.0862. The Bertz CT molecular complexity index is 3090. The number of aliphatic hydroxyl groups is 1. The summed E-state index contributed by atoms with van der Waals surface area (Å²) in [7, 11) is 4.65. The van der Waals surface area contributed by atoms with Crippen LogP contribution in [0.4, 0.5) is 0 Å². The van der Waals surface area contributed by atoms with Gasteiger partial charge in [-0.2, -0.15) is 0 Å². The van der Waals surface area contributed by atoms with Crippen molar-refractivity contribution in [2.45, 2.75) is 85.5 Å². The minimum atomic E-state index is -0.989. The maximum atomic E-state index is 12.1. The van der Waals surface area contributed by atoms with Gasteiger partial charge in [0.1, 0.15) is 0 Å². The first-order valence-corrected chi connectivity index (χ1v) is 24.7. The van der Waals surface area contributed by atoms with Crippen molar-refractivity contribution in [2.24, 2.45) is 21.1 Å². The summed E-state index contributed by atoms with van der Waals surface area (Å²) in [6.07, 6.45) is 0.736. The summed E-state index contributed by atoms with van der Waals surface area (Å²) in [5.41, 5.74) is 3.28. The summed E-state index contributed by atoms with van der Waals surface area (Å²) in [4.78, 5) is 57.8. The van der Waals surface area contributed by atoms with Crippen LogP contribution in [-0.2, 0) is 54.7 Å². The van der Waals surface area contributed by atoms with Crippen LogP contribution >= 0.6 is 69.6 Å². The van der Waals surface area contributed by atoms with E-state index in [9.17, 15) is 24.0 Å². The van der Waals surface area contributed by atoms with Gasteiger partial charge in [-0.15, -0.1) is 15.3 Å². The van der Waals surface area contributed by atoms with Crippen LogP contribution in [0.5, 0.6) is 34.9 Å². The van der Waals surface area contributed by atoms with Crippen molar-refractivity contribution in [3.8, 4) is 34.9 Å². The van der Waals surface area contributed by atoms with E-state index in [2.05, 4.69) is 15.3 Å². The highest BCUT2D eigenvalue weighted by molar-refractivity contribution is 6.38. The molecule has 23 heteroatoms. The Hall–Kier alpha value is -5.66. The van der Waals surface area contributed by atoms with E-state index in [4.69, 9.17) is 98.8 Å². The predicted octanol–water partition coefficient (Wildman–Crippen LogP) is 11.3. The monoisotopic (exact) mass is 1120 g/mol. The van der Waals surface area contributed by atoms with Crippen LogP contribution in [0, 0.1) is 0 Å². The summed E-state index contributed by atoms with van der Waals surface area (Å²) >= 11 is 37.3. The number of benzene rings is 3. The molecule has 0 saturated carbocycles. The number of aliphatic carboxylic acids is 1. The summed E-state index contributed by atoms with van der Waals surface area (Å²) in [5, 5.41) is 31.6. The molecule has 0 aliphatic heterocycles. The van der Waals surface area contributed by atoms with Gasteiger partial charge >= 0.3 is 11.9 Å². The lowest BCUT2D eigenvalue weighted by molar-refractivity contribution is -0.141. The number of carbonyl (C=O) groups excluding carboxylic acids is 1. The summed E-state index contributed by atoms with van der Waals surface area (Å²) < 4.78 is 25.6. The number of rotatable bonds is 16. The van der Waals surface area contributed by atoms with E-state index in [1.807, 2.05) is 41.5 Å². The number of aryl methyl sites for hydroxylation is 3. The van der Waals surface area contributed by atoms with Crippen molar-refractivity contribution < 1.29 is 38.7 Å². The third-order valence-electron chi connectivity index (χ3n) is 10.3. The number of hydrogen-bond donors (Lipinski definition) is 2. The van der Waals surface area contributed by atoms with E-state index in [0.29, 0.717) is 55.2 Å². The van der Waals surface area contributed by atoms with Crippen molar-refractivity contribution >= 4 is 81.5 Å². The number of carboxylic acid groups (broad SMARTS) is 1. The number of nitrogens with zero attached hydrogens (tertiary/aromatic N) is 6. The highest BCUT2D eigenvalue weighted by atomic mass is 35.5. The van der Waals surface area contributed by atoms with Crippen LogP contribution < -0.4 is 30.9 Å². The molecule has 0 spiro atoms. The van der Waals surface area contributed by atoms with Gasteiger partial charge in [0.2, 0.25) is 17.6 Å². The lowest BCUT2D eigenvalue weighted by Crippen LogP contribution is -2.24. The van der Waals surface area contributed by atoms with Gasteiger partial charge < -0.3 is 29.2 Å². The Morgan fingerprint density at radius 2 is 0.808 bits per heavy atom. The van der Waals surface area contributed by atoms with Crippen molar-refractivity contribution in [3.63, 3.8) is 0 Å². The molecule has 0 atom stereocenters. The molecule has 0 aliphatic carbocycles. The Balaban J connectivity index is 0.000000238. The van der Waals surface area contributed by atoms with Gasteiger partial charge in [-0.05, 0) is 77.3 Å². The third kappa shape index (κ3) is 16.9. The molecule has 3 heterocycles. The van der Waals surface area contributed by atoms with Crippen LogP contribution in [-0.4, -0.2) is 64.7 Å². The molecule has 17 nitrogen and oxygen atoms in total. The van der Waals surface area contributed by atoms with E-state index >= 15 is 0 Å². The second-order valence-corrected chi connectivity index (χ2v) is 19.6. The van der Waals surface area contributed by atoms with Crippen LogP contribution in [0.3, 0.4) is 0 Å². The zero-order chi connectivity index (χ0) is 54.6. The minimum Gasteiger partial charge on any atom is -0.481 e. The summed E-state index contributed by atoms with van der Waals surface area (Å²) in [5.74, 6) is 0.0662. The molecule has 2 N–H and O–H groups in total. The fourth-order valence-electron chi connectivity index (χ4n) is 6.65. The first-order valence-electron chi connectivity index (χ1n) is 22.4. The van der Waals surface area contributed by atoms with E-state index in [-0.39, 0.29) is 105 Å². The Labute approximate surface area is 451 Å². The maximum Gasteiger partial charge on any atom is 0.307 e. The second kappa shape index (κ2) is 27.0. The normalized spacial score (nSPS) is 11.0. The van der Waals surface area contributed by atoms with Gasteiger partial charge in [-0.25, -0.2) is 14.0 Å². The number of esters is 1. The van der Waals surface area contributed by atoms with Crippen LogP contribution in [0.15, 0.2) is 69.0 Å². The van der Waals surface area contributed by atoms with Crippen LogP contribution in [0.2, 0.25) is 30.1 Å². The fourth-order valence-corrected chi connectivity index (χ4v) is 8.48. The third-order valence-corrected chi connectivity index (χ3v) is 12.0. The topological polar surface area (TPSA) is 216 Å². The second-order valence-electron chi connectivity index (χ2n) is 17.2. The zero-order valence-corrected chi connectivity index (χ0v) is 46.0. The van der Waals surface area contributed by atoms with Crippen molar-refractivity contribution in [3.05, 3.63) is 149 Å². The highest BCUT2D eigenvalue weighted by Gasteiger charge is 2.19. The van der Waals surface area contributed by atoms with Gasteiger partial charge in [0.05, 0.1) is 43.2 Å². The molecule has 6 rings (SSSR count). The number of hydrogen-bond acceptors (Lipinski definition) is 13. The molecule has 0 bridgehead atoms. The molecule has 3 aromatic heterocycles. The van der Waals surface area contributed by atoms with E-state index in [0.717, 1.165) is 11.1 Å². The Morgan fingerprint density at radius 3 is 1.07 bits per heavy atom. The lowest BCUT2D eigenvalue weighted by Gasteiger charge is -2.13. The number of halogens is 6. The number of ether oxygens (including phenoxy) is 4. The van der Waals surface area contributed by atoms with E-state index in [1.54, 1.807) is 56.6 Å². The number of aromatic nitrogens is 6. The maximum absolute atomic E-state index is 12.1. The van der Waals surface area contributed by atoms with Gasteiger partial charge in [0.15, 0.2) is 17.2 Å². The molecule has 0 aliphatic rings.